The van der Waals surface area contributed by atoms with Crippen molar-refractivity contribution in [3.8, 4) is 0 Å². The minimum Gasteiger partial charge on any atom is -0.294 e. The van der Waals surface area contributed by atoms with Crippen molar-refractivity contribution >= 4 is 48.9 Å². The second-order valence-corrected chi connectivity index (χ2v) is 6.82. The summed E-state index contributed by atoms with van der Waals surface area (Å²) >= 11 is 0. The molecule has 6 rings (SSSR count). The van der Waals surface area contributed by atoms with Gasteiger partial charge in [-0.1, -0.05) is 60.7 Å². The Kier molecular flexibility index (Phi) is 2.15. The van der Waals surface area contributed by atoms with Crippen LogP contribution >= 0.6 is 0 Å². The SMILES string of the molecule is O=C1CCc2ccc3c4cccc5cccc(c6ccc1c2c36)c54. The number of benzene rings is 5. The Bertz CT molecular complexity index is 1260. The van der Waals surface area contributed by atoms with Crippen LogP contribution < -0.4 is 0 Å². The monoisotopic (exact) mass is 306 g/mol. The number of carbonyl (C=O) groups excluding carboxylic acids is 1. The average Bonchev–Trinajstić information content (AvgIpc) is 2.63. The van der Waals surface area contributed by atoms with Gasteiger partial charge in [-0.05, 0) is 55.1 Å². The van der Waals surface area contributed by atoms with E-state index in [1.54, 1.807) is 0 Å². The summed E-state index contributed by atoms with van der Waals surface area (Å²) in [5.74, 6) is 0.281. The number of ketones is 1. The van der Waals surface area contributed by atoms with Crippen molar-refractivity contribution in [2.24, 2.45) is 0 Å². The smallest absolute Gasteiger partial charge is 0.163 e. The molecule has 0 amide bonds. The highest BCUT2D eigenvalue weighted by Gasteiger charge is 2.22. The lowest BCUT2D eigenvalue weighted by atomic mass is 9.82. The van der Waals surface area contributed by atoms with Gasteiger partial charge in [0.05, 0.1) is 0 Å². The standard InChI is InChI=1S/C23H14O/c24-20-12-8-14-7-9-17-15-5-1-3-13-4-2-6-16(21(13)15)18-10-11-19(20)22(14)23(17)18/h1-7,9-11H,8,12H2. The predicted octanol–water partition coefficient (Wildman–Crippen LogP) is 5.87. The summed E-state index contributed by atoms with van der Waals surface area (Å²) in [6.07, 6.45) is 1.49. The zero-order valence-electron chi connectivity index (χ0n) is 13.1. The van der Waals surface area contributed by atoms with Gasteiger partial charge in [-0.15, -0.1) is 0 Å². The summed E-state index contributed by atoms with van der Waals surface area (Å²) < 4.78 is 0. The van der Waals surface area contributed by atoms with Crippen molar-refractivity contribution in [1.29, 1.82) is 0 Å². The molecule has 24 heavy (non-hydrogen) atoms. The van der Waals surface area contributed by atoms with E-state index in [1.165, 1.54) is 48.7 Å². The van der Waals surface area contributed by atoms with Crippen molar-refractivity contribution in [2.45, 2.75) is 12.8 Å². The first kappa shape index (κ1) is 12.5. The number of carbonyl (C=O) groups is 1. The molecule has 1 heteroatoms. The van der Waals surface area contributed by atoms with Crippen LogP contribution in [-0.2, 0) is 6.42 Å². The first-order valence-electron chi connectivity index (χ1n) is 8.47. The van der Waals surface area contributed by atoms with E-state index in [9.17, 15) is 4.79 Å². The van der Waals surface area contributed by atoms with E-state index < -0.39 is 0 Å². The normalized spacial score (nSPS) is 14.4. The van der Waals surface area contributed by atoms with Gasteiger partial charge in [-0.3, -0.25) is 4.79 Å². The number of aryl methyl sites for hydroxylation is 1. The van der Waals surface area contributed by atoms with Gasteiger partial charge in [0.25, 0.3) is 0 Å². The lowest BCUT2D eigenvalue weighted by Gasteiger charge is -2.21. The van der Waals surface area contributed by atoms with Crippen LogP contribution in [-0.4, -0.2) is 5.78 Å². The molecule has 0 radical (unpaired) electrons. The molecule has 5 aromatic carbocycles. The number of hydrogen-bond donors (Lipinski definition) is 0. The first-order chi connectivity index (χ1) is 11.8. The fraction of sp³-hybridized carbons (Fsp3) is 0.0870. The van der Waals surface area contributed by atoms with Gasteiger partial charge in [-0.25, -0.2) is 0 Å². The quantitative estimate of drug-likeness (QED) is 0.258. The molecule has 0 unspecified atom stereocenters. The molecule has 0 aliphatic heterocycles. The van der Waals surface area contributed by atoms with E-state index in [1.807, 2.05) is 6.07 Å². The minimum atomic E-state index is 0.281. The van der Waals surface area contributed by atoms with Crippen LogP contribution in [0.1, 0.15) is 22.3 Å². The molecular formula is C23H14O. The van der Waals surface area contributed by atoms with E-state index in [0.717, 1.165) is 12.0 Å². The van der Waals surface area contributed by atoms with Crippen LogP contribution in [0.15, 0.2) is 60.7 Å². The van der Waals surface area contributed by atoms with E-state index in [-0.39, 0.29) is 5.78 Å². The lowest BCUT2D eigenvalue weighted by molar-refractivity contribution is 0.0982. The second kappa shape index (κ2) is 4.12. The Morgan fingerprint density at radius 2 is 1.25 bits per heavy atom. The van der Waals surface area contributed by atoms with Gasteiger partial charge in [0.15, 0.2) is 5.78 Å². The average molecular weight is 306 g/mol. The van der Waals surface area contributed by atoms with Crippen molar-refractivity contribution in [1.82, 2.24) is 0 Å². The molecule has 0 bridgehead atoms. The summed E-state index contributed by atoms with van der Waals surface area (Å²) in [5, 5.41) is 10.2. The Hall–Kier alpha value is -2.93. The highest BCUT2D eigenvalue weighted by molar-refractivity contribution is 6.35. The zero-order valence-corrected chi connectivity index (χ0v) is 13.1. The molecule has 0 saturated heterocycles. The van der Waals surface area contributed by atoms with Gasteiger partial charge < -0.3 is 0 Å². The molecule has 0 saturated carbocycles. The van der Waals surface area contributed by atoms with Crippen molar-refractivity contribution in [3.05, 3.63) is 71.8 Å². The molecule has 5 aromatic rings. The summed E-state index contributed by atoms with van der Waals surface area (Å²) in [6, 6.07) is 21.7. The minimum absolute atomic E-state index is 0.281. The van der Waals surface area contributed by atoms with Crippen LogP contribution in [0, 0.1) is 0 Å². The van der Waals surface area contributed by atoms with E-state index in [0.29, 0.717) is 6.42 Å². The molecule has 1 aliphatic carbocycles. The van der Waals surface area contributed by atoms with Crippen LogP contribution in [0.25, 0.3) is 43.1 Å². The van der Waals surface area contributed by atoms with Gasteiger partial charge in [0, 0.05) is 12.0 Å². The molecule has 0 N–H and O–H groups in total. The maximum Gasteiger partial charge on any atom is 0.163 e. The van der Waals surface area contributed by atoms with Crippen LogP contribution in [0.2, 0.25) is 0 Å². The molecule has 112 valence electrons. The van der Waals surface area contributed by atoms with Gasteiger partial charge in [0.1, 0.15) is 0 Å². The fourth-order valence-electron chi connectivity index (χ4n) is 4.63. The summed E-state index contributed by atoms with van der Waals surface area (Å²) in [6.45, 7) is 0. The zero-order chi connectivity index (χ0) is 15.8. The highest BCUT2D eigenvalue weighted by Crippen LogP contribution is 2.43. The van der Waals surface area contributed by atoms with Crippen molar-refractivity contribution in [3.63, 3.8) is 0 Å². The third-order valence-electron chi connectivity index (χ3n) is 5.65. The Balaban J connectivity index is 2.04. The lowest BCUT2D eigenvalue weighted by Crippen LogP contribution is -2.09. The molecule has 0 aromatic heterocycles. The number of Topliss-reactive ketones (excluding diaryl/α,β-unsaturated/α-hetero) is 1. The molecule has 0 spiro atoms. The number of hydrogen-bond acceptors (Lipinski definition) is 1. The number of fused-ring (bicyclic) bond motifs is 2. The summed E-state index contributed by atoms with van der Waals surface area (Å²) in [5.41, 5.74) is 2.22. The highest BCUT2D eigenvalue weighted by atomic mass is 16.1. The molecule has 0 fully saturated rings. The molecule has 1 nitrogen and oxygen atoms in total. The molecule has 0 heterocycles. The Morgan fingerprint density at radius 1 is 0.583 bits per heavy atom. The van der Waals surface area contributed by atoms with E-state index >= 15 is 0 Å². The molecule has 1 aliphatic rings. The third-order valence-corrected chi connectivity index (χ3v) is 5.65. The molecule has 0 atom stereocenters. The van der Waals surface area contributed by atoms with Crippen LogP contribution in [0.5, 0.6) is 0 Å². The Labute approximate surface area is 138 Å². The van der Waals surface area contributed by atoms with Gasteiger partial charge in [-0.2, -0.15) is 0 Å². The van der Waals surface area contributed by atoms with Gasteiger partial charge >= 0.3 is 0 Å². The topological polar surface area (TPSA) is 17.1 Å². The first-order valence-corrected chi connectivity index (χ1v) is 8.47. The van der Waals surface area contributed by atoms with Crippen LogP contribution in [0.3, 0.4) is 0 Å². The van der Waals surface area contributed by atoms with Crippen molar-refractivity contribution in [2.75, 3.05) is 0 Å². The van der Waals surface area contributed by atoms with Crippen LogP contribution in [0.4, 0.5) is 0 Å². The number of rotatable bonds is 0. The van der Waals surface area contributed by atoms with E-state index in [2.05, 4.69) is 54.6 Å². The Morgan fingerprint density at radius 3 is 2.00 bits per heavy atom. The second-order valence-electron chi connectivity index (χ2n) is 6.82. The summed E-state index contributed by atoms with van der Waals surface area (Å²) in [4.78, 5) is 12.4. The van der Waals surface area contributed by atoms with E-state index in [4.69, 9.17) is 0 Å². The fourth-order valence-corrected chi connectivity index (χ4v) is 4.63. The molecular weight excluding hydrogens is 292 g/mol. The maximum absolute atomic E-state index is 12.4. The third kappa shape index (κ3) is 1.34. The maximum atomic E-state index is 12.4. The van der Waals surface area contributed by atoms with Crippen molar-refractivity contribution < 1.29 is 4.79 Å². The van der Waals surface area contributed by atoms with Gasteiger partial charge in [0.2, 0.25) is 0 Å². The largest absolute Gasteiger partial charge is 0.294 e. The summed E-state index contributed by atoms with van der Waals surface area (Å²) in [7, 11) is 0. The predicted molar refractivity (Wildman–Crippen MR) is 100 cm³/mol.